The third kappa shape index (κ3) is 5.00. The summed E-state index contributed by atoms with van der Waals surface area (Å²) < 4.78 is 37.7. The predicted molar refractivity (Wildman–Crippen MR) is 179 cm³/mol. The lowest BCUT2D eigenvalue weighted by Gasteiger charge is -2.66. The average molecular weight is 687 g/mol. The van der Waals surface area contributed by atoms with Gasteiger partial charge < -0.3 is 28.1 Å². The van der Waals surface area contributed by atoms with Gasteiger partial charge in [0.05, 0.1) is 30.8 Å². The Bertz CT molecular complexity index is 1760. The molecule has 2 saturated heterocycles. The van der Waals surface area contributed by atoms with Gasteiger partial charge >= 0.3 is 23.9 Å². The van der Waals surface area contributed by atoms with E-state index in [-0.39, 0.29) is 31.3 Å². The van der Waals surface area contributed by atoms with Crippen molar-refractivity contribution in [3.05, 3.63) is 82.8 Å². The van der Waals surface area contributed by atoms with Crippen LogP contribution in [0.25, 0.3) is 0 Å². The first-order chi connectivity index (χ1) is 23.7. The third-order valence-electron chi connectivity index (χ3n) is 13.0. The zero-order chi connectivity index (χ0) is 35.7. The van der Waals surface area contributed by atoms with Crippen LogP contribution in [0.1, 0.15) is 89.6 Å². The molecule has 50 heavy (non-hydrogen) atoms. The van der Waals surface area contributed by atoms with E-state index < -0.39 is 76.5 Å². The monoisotopic (exact) mass is 686 g/mol. The van der Waals surface area contributed by atoms with E-state index >= 15 is 0 Å². The number of furan rings is 1. The number of allylic oxidation sites excluding steroid dienone is 2. The second kappa shape index (κ2) is 12.2. The molecule has 0 bridgehead atoms. The topological polar surface area (TPSA) is 128 Å². The molecule has 2 aliphatic heterocycles. The van der Waals surface area contributed by atoms with Crippen molar-refractivity contribution in [3.63, 3.8) is 0 Å². The molecule has 0 radical (unpaired) electrons. The van der Waals surface area contributed by atoms with Crippen molar-refractivity contribution < 1.29 is 47.3 Å². The first-order valence-electron chi connectivity index (χ1n) is 17.6. The van der Waals surface area contributed by atoms with E-state index in [1.54, 1.807) is 56.7 Å². The molecule has 1 aromatic carbocycles. The van der Waals surface area contributed by atoms with Crippen molar-refractivity contribution in [2.24, 2.45) is 28.1 Å². The maximum Gasteiger partial charge on any atom is 0.338 e. The molecule has 7 rings (SSSR count). The van der Waals surface area contributed by atoms with Gasteiger partial charge in [-0.05, 0) is 62.4 Å². The Morgan fingerprint density at radius 3 is 2.36 bits per heavy atom. The van der Waals surface area contributed by atoms with Crippen LogP contribution in [0.5, 0.6) is 0 Å². The largest absolute Gasteiger partial charge is 0.472 e. The van der Waals surface area contributed by atoms with E-state index in [9.17, 15) is 19.2 Å². The minimum Gasteiger partial charge on any atom is -0.472 e. The van der Waals surface area contributed by atoms with E-state index in [4.69, 9.17) is 28.1 Å². The Morgan fingerprint density at radius 1 is 0.960 bits per heavy atom. The highest BCUT2D eigenvalue weighted by molar-refractivity contribution is 5.89. The number of rotatable bonds is 6. The zero-order valence-corrected chi connectivity index (χ0v) is 29.7. The summed E-state index contributed by atoms with van der Waals surface area (Å²) in [6.45, 7) is 13.3. The number of benzene rings is 1. The molecular formula is C40H46O10. The summed E-state index contributed by atoms with van der Waals surface area (Å²) in [6, 6.07) is 10.7. The van der Waals surface area contributed by atoms with Gasteiger partial charge in [-0.3, -0.25) is 9.59 Å². The maximum absolute atomic E-state index is 14.1. The summed E-state index contributed by atoms with van der Waals surface area (Å²) in [5.74, 6) is -2.88. The van der Waals surface area contributed by atoms with Crippen molar-refractivity contribution in [2.45, 2.75) is 104 Å². The maximum atomic E-state index is 14.1. The van der Waals surface area contributed by atoms with Gasteiger partial charge in [0.15, 0.2) is 0 Å². The molecule has 3 heterocycles. The van der Waals surface area contributed by atoms with E-state index in [2.05, 4.69) is 20.8 Å². The third-order valence-corrected chi connectivity index (χ3v) is 13.0. The molecule has 11 unspecified atom stereocenters. The lowest BCUT2D eigenvalue weighted by molar-refractivity contribution is -0.253. The van der Waals surface area contributed by atoms with Gasteiger partial charge in [-0.2, -0.15) is 0 Å². The van der Waals surface area contributed by atoms with Gasteiger partial charge in [0.1, 0.15) is 24.4 Å². The summed E-state index contributed by atoms with van der Waals surface area (Å²) in [5.41, 5.74) is 1.06. The summed E-state index contributed by atoms with van der Waals surface area (Å²) in [4.78, 5) is 54.3. The molecule has 11 atom stereocenters. The minimum absolute atomic E-state index is 0.00419. The molecule has 2 aromatic rings. The van der Waals surface area contributed by atoms with Crippen LogP contribution >= 0.6 is 0 Å². The van der Waals surface area contributed by atoms with Crippen LogP contribution in [0.4, 0.5) is 0 Å². The molecule has 1 aromatic heterocycles. The highest BCUT2D eigenvalue weighted by atomic mass is 16.6. The zero-order valence-electron chi connectivity index (χ0n) is 29.7. The summed E-state index contributed by atoms with van der Waals surface area (Å²) in [6.07, 6.45) is 2.22. The van der Waals surface area contributed by atoms with Crippen molar-refractivity contribution in [1.82, 2.24) is 0 Å². The van der Waals surface area contributed by atoms with Crippen molar-refractivity contribution in [3.8, 4) is 0 Å². The van der Waals surface area contributed by atoms with Crippen LogP contribution in [0, 0.1) is 28.1 Å². The molecule has 2 saturated carbocycles. The van der Waals surface area contributed by atoms with Gasteiger partial charge in [0.2, 0.25) is 0 Å². The highest BCUT2D eigenvalue weighted by Crippen LogP contribution is 2.72. The van der Waals surface area contributed by atoms with E-state index in [1.807, 2.05) is 19.1 Å². The standard InChI is InChI=1S/C40H46O10/c1-8-21(2)36(43)49-30-18-29(47-23(4)41)38(5)20-46-33-34(38)39(30,6)28-17-31(42)48-27-16-26(25-14-15-45-19-25)22(3)32(27)40(28,7)35(33)50-37(44)24-12-10-9-11-13-24/h8-15,19,26-30,33-35H,16-18,20H2,1-7H3. The van der Waals surface area contributed by atoms with Gasteiger partial charge in [0.25, 0.3) is 0 Å². The summed E-state index contributed by atoms with van der Waals surface area (Å²) >= 11 is 0. The Kier molecular flexibility index (Phi) is 8.40. The first-order valence-corrected chi connectivity index (χ1v) is 17.6. The molecule has 0 spiro atoms. The van der Waals surface area contributed by atoms with Crippen LogP contribution in [0.2, 0.25) is 0 Å². The van der Waals surface area contributed by atoms with Crippen LogP contribution in [-0.4, -0.2) is 61.0 Å². The average Bonchev–Trinajstić information content (AvgIpc) is 3.80. The number of hydrogen-bond donors (Lipinski definition) is 0. The minimum atomic E-state index is -1.00. The molecule has 5 aliphatic rings. The summed E-state index contributed by atoms with van der Waals surface area (Å²) in [5, 5.41) is 0. The van der Waals surface area contributed by atoms with Crippen LogP contribution in [0.3, 0.4) is 0 Å². The van der Waals surface area contributed by atoms with Gasteiger partial charge in [-0.1, -0.05) is 50.6 Å². The molecule has 10 nitrogen and oxygen atoms in total. The molecule has 4 fully saturated rings. The lowest BCUT2D eigenvalue weighted by atomic mass is 9.39. The number of hydrogen-bond acceptors (Lipinski definition) is 10. The normalized spacial score (nSPS) is 39.0. The van der Waals surface area contributed by atoms with Gasteiger partial charge in [-0.15, -0.1) is 0 Å². The van der Waals surface area contributed by atoms with Gasteiger partial charge in [0, 0.05) is 53.4 Å². The fourth-order valence-corrected chi connectivity index (χ4v) is 10.7. The Labute approximate surface area is 292 Å². The molecule has 0 amide bonds. The lowest BCUT2D eigenvalue weighted by Crippen LogP contribution is -2.72. The Hall–Kier alpha value is -4.18. The molecule has 10 heteroatoms. The Balaban J connectivity index is 1.46. The van der Waals surface area contributed by atoms with Crippen LogP contribution < -0.4 is 0 Å². The number of fused-ring (bicyclic) bond motifs is 4. The highest BCUT2D eigenvalue weighted by Gasteiger charge is 2.78. The SMILES string of the molecule is CC=C(C)C(=O)OC1CC(OC(C)=O)C2(C)COC3C(OC(=O)c4ccccc4)C4(C)C5=C(C)C(c6ccoc6)CC5OC(=O)CC4C1(C)C32. The number of carbonyl (C=O) groups is 4. The van der Waals surface area contributed by atoms with E-state index in [0.717, 1.165) is 16.7 Å². The number of carbonyl (C=O) groups excluding carboxylic acids is 4. The number of ether oxygens (including phenoxy) is 5. The van der Waals surface area contributed by atoms with Crippen molar-refractivity contribution >= 4 is 23.9 Å². The second-order valence-electron chi connectivity index (χ2n) is 15.5. The molecule has 0 N–H and O–H groups in total. The van der Waals surface area contributed by atoms with E-state index in [0.29, 0.717) is 17.6 Å². The first kappa shape index (κ1) is 34.3. The van der Waals surface area contributed by atoms with Gasteiger partial charge in [-0.25, -0.2) is 9.59 Å². The van der Waals surface area contributed by atoms with Crippen LogP contribution in [-0.2, 0) is 38.1 Å². The summed E-state index contributed by atoms with van der Waals surface area (Å²) in [7, 11) is 0. The molecular weight excluding hydrogens is 640 g/mol. The number of esters is 4. The smallest absolute Gasteiger partial charge is 0.338 e. The fourth-order valence-electron chi connectivity index (χ4n) is 10.7. The Morgan fingerprint density at radius 2 is 1.70 bits per heavy atom. The second-order valence-corrected chi connectivity index (χ2v) is 15.5. The quantitative estimate of drug-likeness (QED) is 0.144. The van der Waals surface area contributed by atoms with E-state index in [1.165, 1.54) is 6.92 Å². The van der Waals surface area contributed by atoms with Crippen molar-refractivity contribution in [2.75, 3.05) is 6.61 Å². The fraction of sp³-hybridized carbons (Fsp3) is 0.550. The molecule has 266 valence electrons. The molecule has 3 aliphatic carbocycles. The van der Waals surface area contributed by atoms with Crippen molar-refractivity contribution in [1.29, 1.82) is 0 Å². The predicted octanol–water partition coefficient (Wildman–Crippen LogP) is 6.50. The van der Waals surface area contributed by atoms with Crippen LogP contribution in [0.15, 0.2) is 76.1 Å².